The van der Waals surface area contributed by atoms with Crippen molar-refractivity contribution in [1.29, 1.82) is 0 Å². The van der Waals surface area contributed by atoms with Gasteiger partial charge in [-0.25, -0.2) is 0 Å². The van der Waals surface area contributed by atoms with Gasteiger partial charge in [-0.05, 0) is 55.2 Å². The Morgan fingerprint density at radius 2 is 2.06 bits per heavy atom. The van der Waals surface area contributed by atoms with E-state index >= 15 is 0 Å². The molecule has 0 amide bonds. The van der Waals surface area contributed by atoms with E-state index in [-0.39, 0.29) is 0 Å². The molecule has 2 heteroatoms. The molecule has 0 heterocycles. The summed E-state index contributed by atoms with van der Waals surface area (Å²) in [6.45, 7) is 6.72. The van der Waals surface area contributed by atoms with Gasteiger partial charge in [0.05, 0.1) is 0 Å². The quantitative estimate of drug-likeness (QED) is 0.620. The number of hydrogen-bond acceptors (Lipinski definition) is 2. The number of aryl methyl sites for hydroxylation is 1. The van der Waals surface area contributed by atoms with Gasteiger partial charge >= 0.3 is 0 Å². The summed E-state index contributed by atoms with van der Waals surface area (Å²) in [5.74, 6) is 7.34. The third-order valence-corrected chi connectivity index (χ3v) is 4.37. The molecular weight excluding hydrogens is 208 g/mol. The largest absolute Gasteiger partial charge is 0.271 e. The van der Waals surface area contributed by atoms with Gasteiger partial charge in [-0.15, -0.1) is 0 Å². The lowest BCUT2D eigenvalue weighted by Crippen LogP contribution is -2.33. The van der Waals surface area contributed by atoms with Crippen LogP contribution in [0.2, 0.25) is 0 Å². The van der Waals surface area contributed by atoms with E-state index in [1.165, 1.54) is 36.0 Å². The van der Waals surface area contributed by atoms with Crippen molar-refractivity contribution in [2.45, 2.75) is 46.1 Å². The molecule has 0 spiro atoms. The summed E-state index contributed by atoms with van der Waals surface area (Å²) >= 11 is 0. The second kappa shape index (κ2) is 5.19. The van der Waals surface area contributed by atoms with E-state index < -0.39 is 0 Å². The standard InChI is InChI=1S/C15H24N2/c1-10-7-8-13(9-10)15(17-16)14-6-4-5-11(2)12(14)3/h4-6,10,13,15,17H,7-9,16H2,1-3H3. The molecule has 1 aliphatic rings. The lowest BCUT2D eigenvalue weighted by molar-refractivity contribution is 0.363. The zero-order valence-corrected chi connectivity index (χ0v) is 11.2. The van der Waals surface area contributed by atoms with Crippen LogP contribution in [0.1, 0.15) is 48.9 Å². The van der Waals surface area contributed by atoms with E-state index in [1.54, 1.807) is 0 Å². The van der Waals surface area contributed by atoms with E-state index in [2.05, 4.69) is 44.4 Å². The minimum Gasteiger partial charge on any atom is -0.271 e. The molecule has 0 saturated heterocycles. The first kappa shape index (κ1) is 12.6. The first-order chi connectivity index (χ1) is 8.13. The third-order valence-electron chi connectivity index (χ3n) is 4.37. The maximum atomic E-state index is 5.80. The van der Waals surface area contributed by atoms with Gasteiger partial charge in [-0.2, -0.15) is 0 Å². The summed E-state index contributed by atoms with van der Waals surface area (Å²) < 4.78 is 0. The van der Waals surface area contributed by atoms with Crippen molar-refractivity contribution in [3.63, 3.8) is 0 Å². The van der Waals surface area contributed by atoms with Crippen LogP contribution < -0.4 is 11.3 Å². The maximum absolute atomic E-state index is 5.80. The van der Waals surface area contributed by atoms with Gasteiger partial charge in [-0.3, -0.25) is 11.3 Å². The van der Waals surface area contributed by atoms with Crippen LogP contribution >= 0.6 is 0 Å². The van der Waals surface area contributed by atoms with Crippen LogP contribution in [-0.2, 0) is 0 Å². The molecule has 1 saturated carbocycles. The maximum Gasteiger partial charge on any atom is 0.0490 e. The smallest absolute Gasteiger partial charge is 0.0490 e. The van der Waals surface area contributed by atoms with Crippen molar-refractivity contribution in [1.82, 2.24) is 5.43 Å². The molecule has 0 radical (unpaired) electrons. The minimum atomic E-state index is 0.319. The second-order valence-corrected chi connectivity index (χ2v) is 5.61. The fourth-order valence-electron chi connectivity index (χ4n) is 3.14. The molecule has 2 nitrogen and oxygen atoms in total. The van der Waals surface area contributed by atoms with Crippen LogP contribution in [0.3, 0.4) is 0 Å². The van der Waals surface area contributed by atoms with Gasteiger partial charge in [0.25, 0.3) is 0 Å². The number of hydrogen-bond donors (Lipinski definition) is 2. The summed E-state index contributed by atoms with van der Waals surface area (Å²) in [7, 11) is 0. The Bertz CT molecular complexity index is 387. The van der Waals surface area contributed by atoms with E-state index in [9.17, 15) is 0 Å². The number of rotatable bonds is 3. The second-order valence-electron chi connectivity index (χ2n) is 5.61. The number of nitrogens with two attached hydrogens (primary N) is 1. The fourth-order valence-corrected chi connectivity index (χ4v) is 3.14. The number of hydrazine groups is 1. The molecule has 2 rings (SSSR count). The van der Waals surface area contributed by atoms with Gasteiger partial charge in [0.2, 0.25) is 0 Å². The van der Waals surface area contributed by atoms with E-state index in [1.807, 2.05) is 0 Å². The highest BCUT2D eigenvalue weighted by Gasteiger charge is 2.29. The van der Waals surface area contributed by atoms with E-state index in [0.29, 0.717) is 12.0 Å². The van der Waals surface area contributed by atoms with Gasteiger partial charge in [0, 0.05) is 6.04 Å². The van der Waals surface area contributed by atoms with Gasteiger partial charge in [-0.1, -0.05) is 31.5 Å². The molecule has 3 unspecified atom stereocenters. The van der Waals surface area contributed by atoms with Crippen molar-refractivity contribution in [2.24, 2.45) is 17.7 Å². The van der Waals surface area contributed by atoms with Gasteiger partial charge in [0.15, 0.2) is 0 Å². The zero-order valence-electron chi connectivity index (χ0n) is 11.2. The lowest BCUT2D eigenvalue weighted by Gasteiger charge is -2.25. The van der Waals surface area contributed by atoms with E-state index in [0.717, 1.165) is 5.92 Å². The normalized spacial score (nSPS) is 26.1. The predicted octanol–water partition coefficient (Wildman–Crippen LogP) is 3.24. The molecule has 1 aromatic rings. The summed E-state index contributed by atoms with van der Waals surface area (Å²) in [5, 5.41) is 0. The predicted molar refractivity (Wildman–Crippen MR) is 72.5 cm³/mol. The Labute approximate surface area is 105 Å². The summed E-state index contributed by atoms with van der Waals surface area (Å²) in [5.41, 5.74) is 7.17. The van der Waals surface area contributed by atoms with Crippen molar-refractivity contribution < 1.29 is 0 Å². The van der Waals surface area contributed by atoms with Gasteiger partial charge < -0.3 is 0 Å². The highest BCUT2D eigenvalue weighted by molar-refractivity contribution is 5.35. The highest BCUT2D eigenvalue weighted by Crippen LogP contribution is 2.39. The average molecular weight is 232 g/mol. The van der Waals surface area contributed by atoms with Crippen molar-refractivity contribution >= 4 is 0 Å². The molecule has 3 N–H and O–H groups in total. The van der Waals surface area contributed by atoms with Crippen LogP contribution in [0.15, 0.2) is 18.2 Å². The van der Waals surface area contributed by atoms with Crippen LogP contribution in [0, 0.1) is 25.7 Å². The molecule has 3 atom stereocenters. The van der Waals surface area contributed by atoms with Crippen molar-refractivity contribution in [3.8, 4) is 0 Å². The summed E-state index contributed by atoms with van der Waals surface area (Å²) in [4.78, 5) is 0. The van der Waals surface area contributed by atoms with Gasteiger partial charge in [0.1, 0.15) is 0 Å². The van der Waals surface area contributed by atoms with Crippen LogP contribution in [-0.4, -0.2) is 0 Å². The monoisotopic (exact) mass is 232 g/mol. The summed E-state index contributed by atoms with van der Waals surface area (Å²) in [6.07, 6.45) is 3.93. The Morgan fingerprint density at radius 1 is 1.29 bits per heavy atom. The molecule has 0 bridgehead atoms. The Balaban J connectivity index is 2.26. The Hall–Kier alpha value is -0.860. The molecular formula is C15H24N2. The lowest BCUT2D eigenvalue weighted by atomic mass is 9.88. The minimum absolute atomic E-state index is 0.319. The molecule has 0 aromatic heterocycles. The first-order valence-electron chi connectivity index (χ1n) is 6.65. The molecule has 17 heavy (non-hydrogen) atoms. The first-order valence-corrected chi connectivity index (χ1v) is 6.65. The zero-order chi connectivity index (χ0) is 12.4. The molecule has 0 aliphatic heterocycles. The van der Waals surface area contributed by atoms with Crippen molar-refractivity contribution in [3.05, 3.63) is 34.9 Å². The third kappa shape index (κ3) is 2.53. The molecule has 94 valence electrons. The fraction of sp³-hybridized carbons (Fsp3) is 0.600. The SMILES string of the molecule is Cc1cccc(C(NN)C2CCC(C)C2)c1C. The van der Waals surface area contributed by atoms with Crippen LogP contribution in [0.5, 0.6) is 0 Å². The summed E-state index contributed by atoms with van der Waals surface area (Å²) in [6, 6.07) is 6.85. The molecule has 1 fully saturated rings. The topological polar surface area (TPSA) is 38.0 Å². The number of nitrogens with one attached hydrogen (secondary N) is 1. The average Bonchev–Trinajstić information content (AvgIpc) is 2.72. The van der Waals surface area contributed by atoms with Crippen molar-refractivity contribution in [2.75, 3.05) is 0 Å². The van der Waals surface area contributed by atoms with Crippen LogP contribution in [0.25, 0.3) is 0 Å². The molecule has 1 aromatic carbocycles. The Kier molecular flexibility index (Phi) is 3.85. The molecule has 1 aliphatic carbocycles. The Morgan fingerprint density at radius 3 is 2.65 bits per heavy atom. The van der Waals surface area contributed by atoms with Crippen LogP contribution in [0.4, 0.5) is 0 Å². The highest BCUT2D eigenvalue weighted by atomic mass is 15.2. The van der Waals surface area contributed by atoms with E-state index in [4.69, 9.17) is 5.84 Å². The number of benzene rings is 1.